The minimum atomic E-state index is -0.105. The summed E-state index contributed by atoms with van der Waals surface area (Å²) in [6.45, 7) is 3.00. The third-order valence-electron chi connectivity index (χ3n) is 5.87. The van der Waals surface area contributed by atoms with Gasteiger partial charge in [0.15, 0.2) is 0 Å². The fourth-order valence-corrected chi connectivity index (χ4v) is 4.09. The van der Waals surface area contributed by atoms with Crippen LogP contribution in [0.15, 0.2) is 121 Å². The molecule has 2 heteroatoms. The SMILES string of the molecule is C[C@@H](c1ccccc1)N(Cc1ccccc1)[C@H](C=Cc1ccccc1)c1ccccc1O. The second-order valence-electron chi connectivity index (χ2n) is 8.02. The van der Waals surface area contributed by atoms with Gasteiger partial charge in [-0.1, -0.05) is 121 Å². The standard InChI is InChI=1S/C30H29NO/c1-24(27-17-9-4-10-18-27)31(23-26-15-7-3-8-16-26)29(28-19-11-12-20-30(28)32)22-21-25-13-5-2-6-14-25/h2-22,24,29,32H,23H2,1H3/t24-,29+/m0/s1. The number of rotatable bonds is 8. The molecule has 2 atom stereocenters. The van der Waals surface area contributed by atoms with E-state index in [0.29, 0.717) is 5.75 Å². The Balaban J connectivity index is 1.79. The second kappa shape index (κ2) is 10.6. The highest BCUT2D eigenvalue weighted by Gasteiger charge is 2.26. The third kappa shape index (κ3) is 5.35. The van der Waals surface area contributed by atoms with Gasteiger partial charge in [0.05, 0.1) is 6.04 Å². The summed E-state index contributed by atoms with van der Waals surface area (Å²) in [4.78, 5) is 2.44. The van der Waals surface area contributed by atoms with Gasteiger partial charge in [-0.3, -0.25) is 4.90 Å². The number of nitrogens with zero attached hydrogens (tertiary/aromatic N) is 1. The van der Waals surface area contributed by atoms with E-state index in [-0.39, 0.29) is 12.1 Å². The van der Waals surface area contributed by atoms with Crippen molar-refractivity contribution in [3.8, 4) is 5.75 Å². The molecule has 1 N–H and O–H groups in total. The molecule has 0 saturated heterocycles. The van der Waals surface area contributed by atoms with Crippen LogP contribution < -0.4 is 0 Å². The molecular weight excluding hydrogens is 390 g/mol. The van der Waals surface area contributed by atoms with Crippen LogP contribution in [-0.4, -0.2) is 10.0 Å². The summed E-state index contributed by atoms with van der Waals surface area (Å²) in [7, 11) is 0. The zero-order chi connectivity index (χ0) is 22.2. The molecular formula is C30H29NO. The lowest BCUT2D eigenvalue weighted by Gasteiger charge is -2.36. The number of benzene rings is 4. The van der Waals surface area contributed by atoms with Crippen molar-refractivity contribution in [1.82, 2.24) is 4.90 Å². The van der Waals surface area contributed by atoms with Crippen molar-refractivity contribution in [2.24, 2.45) is 0 Å². The van der Waals surface area contributed by atoms with Crippen LogP contribution in [-0.2, 0) is 6.54 Å². The molecule has 0 fully saturated rings. The molecule has 4 aromatic carbocycles. The molecule has 0 aliphatic rings. The minimum Gasteiger partial charge on any atom is -0.508 e. The predicted octanol–water partition coefficient (Wildman–Crippen LogP) is 7.41. The van der Waals surface area contributed by atoms with E-state index >= 15 is 0 Å². The molecule has 0 aliphatic carbocycles. The van der Waals surface area contributed by atoms with Gasteiger partial charge in [0.25, 0.3) is 0 Å². The normalized spacial score (nSPS) is 13.3. The zero-order valence-electron chi connectivity index (χ0n) is 18.4. The number of para-hydroxylation sites is 1. The predicted molar refractivity (Wildman–Crippen MR) is 133 cm³/mol. The second-order valence-corrected chi connectivity index (χ2v) is 8.02. The first kappa shape index (κ1) is 21.6. The Kier molecular flexibility index (Phi) is 7.16. The van der Waals surface area contributed by atoms with Gasteiger partial charge >= 0.3 is 0 Å². The third-order valence-corrected chi connectivity index (χ3v) is 5.87. The molecule has 0 amide bonds. The smallest absolute Gasteiger partial charge is 0.120 e. The molecule has 0 saturated carbocycles. The largest absolute Gasteiger partial charge is 0.508 e. The van der Waals surface area contributed by atoms with E-state index in [4.69, 9.17) is 0 Å². The van der Waals surface area contributed by atoms with Crippen molar-refractivity contribution in [1.29, 1.82) is 0 Å². The average molecular weight is 420 g/mol. The van der Waals surface area contributed by atoms with Crippen LogP contribution in [0.2, 0.25) is 0 Å². The lowest BCUT2D eigenvalue weighted by atomic mass is 9.97. The Labute approximate surface area is 191 Å². The van der Waals surface area contributed by atoms with Gasteiger partial charge in [-0.2, -0.15) is 0 Å². The molecule has 0 spiro atoms. The van der Waals surface area contributed by atoms with Crippen LogP contribution in [0, 0.1) is 0 Å². The summed E-state index contributed by atoms with van der Waals surface area (Å²) in [6, 6.07) is 39.1. The number of phenolic OH excluding ortho intramolecular Hbond substituents is 1. The molecule has 160 valence electrons. The number of phenols is 1. The molecule has 0 aromatic heterocycles. The topological polar surface area (TPSA) is 23.5 Å². The molecule has 0 bridgehead atoms. The molecule has 0 unspecified atom stereocenters. The summed E-state index contributed by atoms with van der Waals surface area (Å²) in [5, 5.41) is 10.8. The number of hydrogen-bond acceptors (Lipinski definition) is 2. The fraction of sp³-hybridized carbons (Fsp3) is 0.133. The highest BCUT2D eigenvalue weighted by Crippen LogP contribution is 2.37. The van der Waals surface area contributed by atoms with Crippen LogP contribution in [0.25, 0.3) is 6.08 Å². The van der Waals surface area contributed by atoms with Gasteiger partial charge in [0.2, 0.25) is 0 Å². The Morgan fingerprint density at radius 2 is 1.28 bits per heavy atom. The van der Waals surface area contributed by atoms with Gasteiger partial charge < -0.3 is 5.11 Å². The van der Waals surface area contributed by atoms with Crippen LogP contribution >= 0.6 is 0 Å². The maximum atomic E-state index is 10.8. The first-order valence-corrected chi connectivity index (χ1v) is 11.1. The van der Waals surface area contributed by atoms with E-state index < -0.39 is 0 Å². The summed E-state index contributed by atoms with van der Waals surface area (Å²) in [6.07, 6.45) is 4.35. The lowest BCUT2D eigenvalue weighted by molar-refractivity contribution is 0.160. The Morgan fingerprint density at radius 3 is 1.94 bits per heavy atom. The number of aromatic hydroxyl groups is 1. The lowest BCUT2D eigenvalue weighted by Crippen LogP contribution is -2.30. The molecule has 32 heavy (non-hydrogen) atoms. The van der Waals surface area contributed by atoms with Crippen LogP contribution in [0.4, 0.5) is 0 Å². The van der Waals surface area contributed by atoms with Crippen LogP contribution in [0.3, 0.4) is 0 Å². The van der Waals surface area contributed by atoms with Gasteiger partial charge in [-0.15, -0.1) is 0 Å². The highest BCUT2D eigenvalue weighted by atomic mass is 16.3. The van der Waals surface area contributed by atoms with Gasteiger partial charge in [-0.25, -0.2) is 0 Å². The van der Waals surface area contributed by atoms with E-state index in [1.807, 2.05) is 48.5 Å². The van der Waals surface area contributed by atoms with Crippen molar-refractivity contribution in [2.45, 2.75) is 25.6 Å². The van der Waals surface area contributed by atoms with E-state index in [1.54, 1.807) is 6.07 Å². The molecule has 0 radical (unpaired) electrons. The van der Waals surface area contributed by atoms with Gasteiger partial charge in [0, 0.05) is 18.2 Å². The highest BCUT2D eigenvalue weighted by molar-refractivity contribution is 5.51. The zero-order valence-corrected chi connectivity index (χ0v) is 18.4. The Bertz CT molecular complexity index is 1120. The molecule has 0 heterocycles. The summed E-state index contributed by atoms with van der Waals surface area (Å²) in [5.41, 5.74) is 4.53. The van der Waals surface area contributed by atoms with Crippen molar-refractivity contribution in [2.75, 3.05) is 0 Å². The minimum absolute atomic E-state index is 0.105. The molecule has 2 nitrogen and oxygen atoms in total. The average Bonchev–Trinajstić information content (AvgIpc) is 2.86. The summed E-state index contributed by atoms with van der Waals surface area (Å²) in [5.74, 6) is 0.313. The maximum Gasteiger partial charge on any atom is 0.120 e. The van der Waals surface area contributed by atoms with E-state index in [1.165, 1.54) is 11.1 Å². The van der Waals surface area contributed by atoms with E-state index in [0.717, 1.165) is 17.7 Å². The molecule has 4 rings (SSSR count). The van der Waals surface area contributed by atoms with Gasteiger partial charge in [-0.05, 0) is 29.7 Å². The molecule has 0 aliphatic heterocycles. The number of hydrogen-bond donors (Lipinski definition) is 1. The van der Waals surface area contributed by atoms with Crippen molar-refractivity contribution in [3.05, 3.63) is 144 Å². The monoisotopic (exact) mass is 419 g/mol. The first-order valence-electron chi connectivity index (χ1n) is 11.1. The van der Waals surface area contributed by atoms with E-state index in [9.17, 15) is 5.11 Å². The maximum absolute atomic E-state index is 10.8. The Morgan fingerprint density at radius 1 is 0.719 bits per heavy atom. The summed E-state index contributed by atoms with van der Waals surface area (Å²) < 4.78 is 0. The van der Waals surface area contributed by atoms with Gasteiger partial charge in [0.1, 0.15) is 5.75 Å². The van der Waals surface area contributed by atoms with Crippen molar-refractivity contribution in [3.63, 3.8) is 0 Å². The quantitative estimate of drug-likeness (QED) is 0.321. The summed E-state index contributed by atoms with van der Waals surface area (Å²) >= 11 is 0. The Hall–Kier alpha value is -3.62. The van der Waals surface area contributed by atoms with Crippen molar-refractivity contribution >= 4 is 6.08 Å². The van der Waals surface area contributed by atoms with Crippen molar-refractivity contribution < 1.29 is 5.11 Å². The first-order chi connectivity index (χ1) is 15.7. The van der Waals surface area contributed by atoms with Crippen LogP contribution in [0.1, 0.15) is 41.3 Å². The van der Waals surface area contributed by atoms with E-state index in [2.05, 4.69) is 84.6 Å². The fourth-order valence-electron chi connectivity index (χ4n) is 4.09. The molecule has 4 aromatic rings. The van der Waals surface area contributed by atoms with Crippen LogP contribution in [0.5, 0.6) is 5.75 Å².